The van der Waals surface area contributed by atoms with Crippen molar-refractivity contribution < 1.29 is 0 Å². The molecule has 0 bridgehead atoms. The van der Waals surface area contributed by atoms with E-state index in [9.17, 15) is 0 Å². The van der Waals surface area contributed by atoms with E-state index in [4.69, 9.17) is 5.73 Å². The van der Waals surface area contributed by atoms with Gasteiger partial charge < -0.3 is 5.73 Å². The molecule has 0 radical (unpaired) electrons. The molecule has 0 amide bonds. The Hall–Kier alpha value is -1.26. The first-order chi connectivity index (χ1) is 8.72. The second-order valence-electron chi connectivity index (χ2n) is 4.24. The van der Waals surface area contributed by atoms with E-state index >= 15 is 0 Å². The molecule has 2 rings (SSSR count). The van der Waals surface area contributed by atoms with Crippen molar-refractivity contribution in [2.45, 2.75) is 30.5 Å². The van der Waals surface area contributed by atoms with Crippen molar-refractivity contribution in [3.8, 4) is 0 Å². The third kappa shape index (κ3) is 3.15. The Bertz CT molecular complexity index is 520. The van der Waals surface area contributed by atoms with Gasteiger partial charge in [-0.3, -0.25) is 4.68 Å². The van der Waals surface area contributed by atoms with Crippen LogP contribution in [0.25, 0.3) is 0 Å². The zero-order chi connectivity index (χ0) is 13.0. The molecule has 2 N–H and O–H groups in total. The Morgan fingerprint density at radius 2 is 2.17 bits per heavy atom. The Morgan fingerprint density at radius 3 is 2.83 bits per heavy atom. The molecule has 3 nitrogen and oxygen atoms in total. The molecule has 0 spiro atoms. The molecule has 0 aliphatic carbocycles. The smallest absolute Gasteiger partial charge is 0.0625 e. The highest BCUT2D eigenvalue weighted by molar-refractivity contribution is 7.98. The van der Waals surface area contributed by atoms with Crippen molar-refractivity contribution in [1.29, 1.82) is 0 Å². The van der Waals surface area contributed by atoms with Crippen molar-refractivity contribution in [3.63, 3.8) is 0 Å². The molecular formula is C14H19N3S. The predicted molar refractivity (Wildman–Crippen MR) is 76.5 cm³/mol. The van der Waals surface area contributed by atoms with Gasteiger partial charge in [-0.05, 0) is 30.2 Å². The van der Waals surface area contributed by atoms with Crippen molar-refractivity contribution in [2.24, 2.45) is 12.8 Å². The van der Waals surface area contributed by atoms with Crippen LogP contribution in [0.3, 0.4) is 0 Å². The number of hydrogen-bond acceptors (Lipinski definition) is 3. The molecule has 1 heterocycles. The van der Waals surface area contributed by atoms with Gasteiger partial charge >= 0.3 is 0 Å². The number of thioether (sulfide) groups is 1. The molecule has 2 aromatic rings. The van der Waals surface area contributed by atoms with Crippen LogP contribution < -0.4 is 5.73 Å². The lowest BCUT2D eigenvalue weighted by Gasteiger charge is -2.04. The summed E-state index contributed by atoms with van der Waals surface area (Å²) in [6.07, 6.45) is 0.987. The number of aryl methyl sites for hydroxylation is 2. The van der Waals surface area contributed by atoms with E-state index in [1.54, 1.807) is 0 Å². The van der Waals surface area contributed by atoms with Gasteiger partial charge in [-0.2, -0.15) is 5.10 Å². The summed E-state index contributed by atoms with van der Waals surface area (Å²) in [7, 11) is 2.01. The first-order valence-corrected chi connectivity index (χ1v) is 7.15. The lowest BCUT2D eigenvalue weighted by Crippen LogP contribution is -1.97. The standard InChI is InChI=1S/C14H19N3S/c1-3-12-8-13(17(2)16-12)10-18-14-6-4-5-11(7-14)9-15/h4-8H,3,9-10,15H2,1-2H3. The number of hydrogen-bond donors (Lipinski definition) is 1. The number of nitrogens with zero attached hydrogens (tertiary/aromatic N) is 2. The third-order valence-corrected chi connectivity index (χ3v) is 3.94. The molecule has 0 aliphatic rings. The fourth-order valence-corrected chi connectivity index (χ4v) is 2.79. The van der Waals surface area contributed by atoms with Gasteiger partial charge in [-0.15, -0.1) is 11.8 Å². The maximum absolute atomic E-state index is 5.65. The molecule has 0 aliphatic heterocycles. The lowest BCUT2D eigenvalue weighted by atomic mass is 10.2. The monoisotopic (exact) mass is 261 g/mol. The maximum Gasteiger partial charge on any atom is 0.0625 e. The SMILES string of the molecule is CCc1cc(CSc2cccc(CN)c2)n(C)n1. The Kier molecular flexibility index (Phi) is 4.44. The van der Waals surface area contributed by atoms with Gasteiger partial charge in [0.05, 0.1) is 5.69 Å². The highest BCUT2D eigenvalue weighted by atomic mass is 32.2. The van der Waals surface area contributed by atoms with Gasteiger partial charge in [0.15, 0.2) is 0 Å². The molecule has 0 unspecified atom stereocenters. The van der Waals surface area contributed by atoms with E-state index < -0.39 is 0 Å². The number of benzene rings is 1. The Morgan fingerprint density at radius 1 is 1.33 bits per heavy atom. The van der Waals surface area contributed by atoms with E-state index in [1.165, 1.54) is 16.2 Å². The van der Waals surface area contributed by atoms with Crippen LogP contribution in [0, 0.1) is 0 Å². The minimum atomic E-state index is 0.597. The van der Waals surface area contributed by atoms with E-state index in [1.807, 2.05) is 23.5 Å². The van der Waals surface area contributed by atoms with Crippen LogP contribution in [0.5, 0.6) is 0 Å². The van der Waals surface area contributed by atoms with Crippen LogP contribution in [0.15, 0.2) is 35.2 Å². The third-order valence-electron chi connectivity index (χ3n) is 2.91. The van der Waals surface area contributed by atoms with E-state index in [-0.39, 0.29) is 0 Å². The van der Waals surface area contributed by atoms with Crippen molar-refractivity contribution in [2.75, 3.05) is 0 Å². The Balaban J connectivity index is 2.03. The summed E-state index contributed by atoms with van der Waals surface area (Å²) in [4.78, 5) is 1.26. The van der Waals surface area contributed by atoms with Gasteiger partial charge in [0.2, 0.25) is 0 Å². The summed E-state index contributed by atoms with van der Waals surface area (Å²) in [5, 5.41) is 4.46. The minimum absolute atomic E-state index is 0.597. The number of aromatic nitrogens is 2. The van der Waals surface area contributed by atoms with Gasteiger partial charge in [0, 0.05) is 29.9 Å². The molecular weight excluding hydrogens is 242 g/mol. The molecule has 18 heavy (non-hydrogen) atoms. The summed E-state index contributed by atoms with van der Waals surface area (Å²) in [5.41, 5.74) is 9.24. The predicted octanol–water partition coefficient (Wildman–Crippen LogP) is 2.73. The topological polar surface area (TPSA) is 43.8 Å². The van der Waals surface area contributed by atoms with Gasteiger partial charge in [0.25, 0.3) is 0 Å². The second-order valence-corrected chi connectivity index (χ2v) is 5.29. The molecule has 1 aromatic heterocycles. The highest BCUT2D eigenvalue weighted by Gasteiger charge is 2.04. The minimum Gasteiger partial charge on any atom is -0.326 e. The van der Waals surface area contributed by atoms with Crippen molar-refractivity contribution in [3.05, 3.63) is 47.3 Å². The first-order valence-electron chi connectivity index (χ1n) is 6.16. The number of rotatable bonds is 5. The molecule has 0 fully saturated rings. The van der Waals surface area contributed by atoms with Crippen LogP contribution in [-0.4, -0.2) is 9.78 Å². The van der Waals surface area contributed by atoms with Crippen LogP contribution in [0.1, 0.15) is 23.9 Å². The molecule has 4 heteroatoms. The fourth-order valence-electron chi connectivity index (χ4n) is 1.80. The summed E-state index contributed by atoms with van der Waals surface area (Å²) in [6.45, 7) is 2.73. The van der Waals surface area contributed by atoms with Gasteiger partial charge in [-0.1, -0.05) is 19.1 Å². The maximum atomic E-state index is 5.65. The first kappa shape index (κ1) is 13.2. The molecule has 0 saturated carbocycles. The van der Waals surface area contributed by atoms with Crippen molar-refractivity contribution >= 4 is 11.8 Å². The van der Waals surface area contributed by atoms with Crippen LogP contribution in [0.4, 0.5) is 0 Å². The Labute approximate surface area is 112 Å². The average Bonchev–Trinajstić information content (AvgIpc) is 2.77. The van der Waals surface area contributed by atoms with Crippen LogP contribution in [0.2, 0.25) is 0 Å². The largest absolute Gasteiger partial charge is 0.326 e. The second kappa shape index (κ2) is 6.07. The molecule has 96 valence electrons. The molecule has 0 saturated heterocycles. The summed E-state index contributed by atoms with van der Waals surface area (Å²) >= 11 is 1.82. The lowest BCUT2D eigenvalue weighted by molar-refractivity contribution is 0.720. The van der Waals surface area contributed by atoms with Gasteiger partial charge in [-0.25, -0.2) is 0 Å². The van der Waals surface area contributed by atoms with Crippen molar-refractivity contribution in [1.82, 2.24) is 9.78 Å². The summed E-state index contributed by atoms with van der Waals surface area (Å²) < 4.78 is 1.97. The highest BCUT2D eigenvalue weighted by Crippen LogP contribution is 2.23. The van der Waals surface area contributed by atoms with E-state index in [2.05, 4.69) is 42.4 Å². The number of nitrogens with two attached hydrogens (primary N) is 1. The zero-order valence-corrected chi connectivity index (χ0v) is 11.7. The van der Waals surface area contributed by atoms with Crippen LogP contribution >= 0.6 is 11.8 Å². The zero-order valence-electron chi connectivity index (χ0n) is 10.9. The van der Waals surface area contributed by atoms with Crippen LogP contribution in [-0.2, 0) is 25.8 Å². The summed E-state index contributed by atoms with van der Waals surface area (Å²) in [5.74, 6) is 0.942. The van der Waals surface area contributed by atoms with E-state index in [0.29, 0.717) is 6.54 Å². The fraction of sp³-hybridized carbons (Fsp3) is 0.357. The average molecular weight is 261 g/mol. The van der Waals surface area contributed by atoms with Gasteiger partial charge in [0.1, 0.15) is 0 Å². The summed E-state index contributed by atoms with van der Waals surface area (Å²) in [6, 6.07) is 10.6. The quantitative estimate of drug-likeness (QED) is 0.842. The van der Waals surface area contributed by atoms with E-state index in [0.717, 1.165) is 17.9 Å². The molecule has 1 aromatic carbocycles. The normalized spacial score (nSPS) is 10.8. The molecule has 0 atom stereocenters.